The van der Waals surface area contributed by atoms with E-state index in [9.17, 15) is 0 Å². The van der Waals surface area contributed by atoms with Crippen molar-refractivity contribution >= 4 is 0 Å². The summed E-state index contributed by atoms with van der Waals surface area (Å²) >= 11 is 0. The van der Waals surface area contributed by atoms with Crippen molar-refractivity contribution in [1.82, 2.24) is 10.3 Å². The number of hydrogen-bond acceptors (Lipinski definition) is 3. The topological polar surface area (TPSA) is 34.1 Å². The normalized spacial score (nSPS) is 14.7. The lowest BCUT2D eigenvalue weighted by Gasteiger charge is -2.23. The van der Waals surface area contributed by atoms with Gasteiger partial charge in [-0.25, -0.2) is 0 Å². The molecule has 3 nitrogen and oxygen atoms in total. The minimum atomic E-state index is 0.409. The molecule has 0 fully saturated rings. The fourth-order valence-corrected chi connectivity index (χ4v) is 1.85. The predicted molar refractivity (Wildman–Crippen MR) is 66.6 cm³/mol. The van der Waals surface area contributed by atoms with Crippen LogP contribution in [0, 0.1) is 0 Å². The molecule has 0 aliphatic rings. The molecule has 0 bridgehead atoms. The van der Waals surface area contributed by atoms with E-state index >= 15 is 0 Å². The third-order valence-electron chi connectivity index (χ3n) is 2.91. The molecule has 0 saturated carbocycles. The molecule has 1 aromatic heterocycles. The van der Waals surface area contributed by atoms with Crippen LogP contribution < -0.4 is 5.32 Å². The minimum Gasteiger partial charge on any atom is -0.382 e. The molecule has 0 aliphatic heterocycles. The first-order chi connectivity index (χ1) is 7.79. The van der Waals surface area contributed by atoms with E-state index < -0.39 is 0 Å². The maximum Gasteiger partial charge on any atom is 0.0480 e. The largest absolute Gasteiger partial charge is 0.382 e. The molecular formula is C13H22N2O. The number of nitrogens with zero attached hydrogens (tertiary/aromatic N) is 1. The van der Waals surface area contributed by atoms with Crippen LogP contribution in [0.2, 0.25) is 0 Å². The Kier molecular flexibility index (Phi) is 6.04. The summed E-state index contributed by atoms with van der Waals surface area (Å²) in [5.41, 5.74) is 1.14. The van der Waals surface area contributed by atoms with Crippen LogP contribution in [0.1, 0.15) is 31.9 Å². The van der Waals surface area contributed by atoms with Gasteiger partial charge in [0.15, 0.2) is 0 Å². The Bertz CT molecular complexity index is 277. The van der Waals surface area contributed by atoms with Crippen molar-refractivity contribution in [2.24, 2.45) is 0 Å². The molecule has 1 aromatic rings. The molecule has 0 radical (unpaired) electrons. The van der Waals surface area contributed by atoms with Crippen molar-refractivity contribution in [2.75, 3.05) is 20.3 Å². The van der Waals surface area contributed by atoms with Crippen molar-refractivity contribution in [1.29, 1.82) is 0 Å². The summed E-state index contributed by atoms with van der Waals surface area (Å²) in [7, 11) is 2.00. The van der Waals surface area contributed by atoms with Gasteiger partial charge < -0.3 is 10.1 Å². The van der Waals surface area contributed by atoms with E-state index in [2.05, 4.69) is 23.3 Å². The fourth-order valence-electron chi connectivity index (χ4n) is 1.85. The number of aromatic nitrogens is 1. The van der Waals surface area contributed by atoms with Gasteiger partial charge in [-0.05, 0) is 32.5 Å². The molecule has 1 rings (SSSR count). The third kappa shape index (κ3) is 3.91. The van der Waals surface area contributed by atoms with Gasteiger partial charge in [-0.3, -0.25) is 4.98 Å². The monoisotopic (exact) mass is 222 g/mol. The zero-order valence-electron chi connectivity index (χ0n) is 10.4. The van der Waals surface area contributed by atoms with Crippen molar-refractivity contribution < 1.29 is 4.74 Å². The lowest BCUT2D eigenvalue weighted by Crippen LogP contribution is -2.32. The van der Waals surface area contributed by atoms with Gasteiger partial charge in [0.05, 0.1) is 0 Å². The standard InChI is InChI=1S/C13H22N2O/c1-4-16-10-8-12(14-3)11(2)13-7-5-6-9-15-13/h5-7,9,11-12,14H,4,8,10H2,1-3H3. The van der Waals surface area contributed by atoms with Gasteiger partial charge in [0.25, 0.3) is 0 Å². The van der Waals surface area contributed by atoms with Crippen LogP contribution in [0.5, 0.6) is 0 Å². The first-order valence-electron chi connectivity index (χ1n) is 5.95. The summed E-state index contributed by atoms with van der Waals surface area (Å²) in [6, 6.07) is 6.48. The summed E-state index contributed by atoms with van der Waals surface area (Å²) < 4.78 is 5.39. The molecule has 0 spiro atoms. The number of nitrogens with one attached hydrogen (secondary N) is 1. The molecule has 2 atom stereocenters. The molecule has 1 heterocycles. The minimum absolute atomic E-state index is 0.409. The van der Waals surface area contributed by atoms with Crippen LogP contribution in [0.4, 0.5) is 0 Å². The summed E-state index contributed by atoms with van der Waals surface area (Å²) in [6.07, 6.45) is 2.86. The number of pyridine rings is 1. The van der Waals surface area contributed by atoms with E-state index in [4.69, 9.17) is 4.74 Å². The molecular weight excluding hydrogens is 200 g/mol. The highest BCUT2D eigenvalue weighted by Crippen LogP contribution is 2.18. The predicted octanol–water partition coefficient (Wildman–Crippen LogP) is 2.20. The Labute approximate surface area is 98.2 Å². The zero-order valence-corrected chi connectivity index (χ0v) is 10.4. The second-order valence-corrected chi connectivity index (χ2v) is 3.92. The maximum absolute atomic E-state index is 5.39. The molecule has 0 amide bonds. The zero-order chi connectivity index (χ0) is 11.8. The summed E-state index contributed by atoms with van der Waals surface area (Å²) in [5, 5.41) is 3.34. The van der Waals surface area contributed by atoms with Crippen molar-refractivity contribution in [3.8, 4) is 0 Å². The summed E-state index contributed by atoms with van der Waals surface area (Å²) in [4.78, 5) is 4.39. The molecule has 2 unspecified atom stereocenters. The van der Waals surface area contributed by atoms with Crippen LogP contribution in [0.25, 0.3) is 0 Å². The molecule has 0 aromatic carbocycles. The molecule has 90 valence electrons. The van der Waals surface area contributed by atoms with Crippen LogP contribution in [-0.4, -0.2) is 31.3 Å². The van der Waals surface area contributed by atoms with Gasteiger partial charge in [-0.2, -0.15) is 0 Å². The Hall–Kier alpha value is -0.930. The number of rotatable bonds is 7. The smallest absolute Gasteiger partial charge is 0.0480 e. The quantitative estimate of drug-likeness (QED) is 0.718. The van der Waals surface area contributed by atoms with Gasteiger partial charge in [-0.15, -0.1) is 0 Å². The van der Waals surface area contributed by atoms with Crippen molar-refractivity contribution in [3.63, 3.8) is 0 Å². The van der Waals surface area contributed by atoms with Crippen molar-refractivity contribution in [3.05, 3.63) is 30.1 Å². The van der Waals surface area contributed by atoms with Crippen LogP contribution in [0.3, 0.4) is 0 Å². The van der Waals surface area contributed by atoms with Gasteiger partial charge in [0.2, 0.25) is 0 Å². The third-order valence-corrected chi connectivity index (χ3v) is 2.91. The molecule has 3 heteroatoms. The van der Waals surface area contributed by atoms with Crippen LogP contribution >= 0.6 is 0 Å². The average molecular weight is 222 g/mol. The summed E-state index contributed by atoms with van der Waals surface area (Å²) in [6.45, 7) is 5.82. The first-order valence-corrected chi connectivity index (χ1v) is 5.95. The highest BCUT2D eigenvalue weighted by molar-refractivity contribution is 5.10. The second kappa shape index (κ2) is 7.36. The first kappa shape index (κ1) is 13.1. The van der Waals surface area contributed by atoms with E-state index in [0.717, 1.165) is 25.3 Å². The molecule has 16 heavy (non-hydrogen) atoms. The van der Waals surface area contributed by atoms with E-state index in [-0.39, 0.29) is 0 Å². The van der Waals surface area contributed by atoms with Gasteiger partial charge >= 0.3 is 0 Å². The van der Waals surface area contributed by atoms with Crippen LogP contribution in [0.15, 0.2) is 24.4 Å². The fraction of sp³-hybridized carbons (Fsp3) is 0.615. The Morgan fingerprint density at radius 2 is 2.25 bits per heavy atom. The van der Waals surface area contributed by atoms with E-state index in [1.807, 2.05) is 32.3 Å². The SMILES string of the molecule is CCOCCC(NC)C(C)c1ccccn1. The van der Waals surface area contributed by atoms with Gasteiger partial charge in [0, 0.05) is 37.1 Å². The Morgan fingerprint density at radius 1 is 1.44 bits per heavy atom. The van der Waals surface area contributed by atoms with Gasteiger partial charge in [-0.1, -0.05) is 13.0 Å². The number of ether oxygens (including phenoxy) is 1. The van der Waals surface area contributed by atoms with Crippen molar-refractivity contribution in [2.45, 2.75) is 32.2 Å². The van der Waals surface area contributed by atoms with E-state index in [0.29, 0.717) is 12.0 Å². The molecule has 0 aliphatic carbocycles. The lowest BCUT2D eigenvalue weighted by atomic mass is 9.95. The van der Waals surface area contributed by atoms with Gasteiger partial charge in [0.1, 0.15) is 0 Å². The highest BCUT2D eigenvalue weighted by Gasteiger charge is 2.17. The number of likely N-dealkylation sites (N-methyl/N-ethyl adjacent to an activating group) is 1. The highest BCUT2D eigenvalue weighted by atomic mass is 16.5. The lowest BCUT2D eigenvalue weighted by molar-refractivity contribution is 0.134. The Morgan fingerprint density at radius 3 is 2.81 bits per heavy atom. The van der Waals surface area contributed by atoms with E-state index in [1.54, 1.807) is 0 Å². The number of hydrogen-bond donors (Lipinski definition) is 1. The van der Waals surface area contributed by atoms with E-state index in [1.165, 1.54) is 0 Å². The Balaban J connectivity index is 2.52. The molecule has 0 saturated heterocycles. The maximum atomic E-state index is 5.39. The average Bonchev–Trinajstić information content (AvgIpc) is 2.35. The summed E-state index contributed by atoms with van der Waals surface area (Å²) in [5.74, 6) is 0.409. The second-order valence-electron chi connectivity index (χ2n) is 3.92. The molecule has 1 N–H and O–H groups in total. The van der Waals surface area contributed by atoms with Crippen LogP contribution in [-0.2, 0) is 4.74 Å².